The van der Waals surface area contributed by atoms with Crippen molar-refractivity contribution in [2.75, 3.05) is 26.7 Å². The molecular weight excluding hydrogens is 186 g/mol. The minimum absolute atomic E-state index is 0.800. The number of likely N-dealkylation sites (N-methyl/N-ethyl adjacent to an activating group) is 1. The Morgan fingerprint density at radius 2 is 2.13 bits per heavy atom. The van der Waals surface area contributed by atoms with Gasteiger partial charge in [-0.05, 0) is 45.1 Å². The van der Waals surface area contributed by atoms with Gasteiger partial charge in [-0.2, -0.15) is 0 Å². The number of nitrogens with zero attached hydrogens (tertiary/aromatic N) is 2. The maximum atomic E-state index is 5.45. The lowest BCUT2D eigenvalue weighted by Gasteiger charge is -2.15. The van der Waals surface area contributed by atoms with Crippen molar-refractivity contribution in [3.63, 3.8) is 0 Å². The number of pyridine rings is 1. The minimum Gasteiger partial charge on any atom is -0.330 e. The van der Waals surface area contributed by atoms with Crippen molar-refractivity contribution in [3.8, 4) is 0 Å². The molecule has 0 aliphatic heterocycles. The van der Waals surface area contributed by atoms with Crippen LogP contribution in [0, 0.1) is 0 Å². The normalized spacial score (nSPS) is 10.9. The van der Waals surface area contributed by atoms with E-state index in [0.29, 0.717) is 0 Å². The third kappa shape index (κ3) is 5.50. The molecule has 1 heterocycles. The van der Waals surface area contributed by atoms with E-state index in [1.807, 2.05) is 18.3 Å². The van der Waals surface area contributed by atoms with Crippen molar-refractivity contribution in [1.29, 1.82) is 0 Å². The summed E-state index contributed by atoms with van der Waals surface area (Å²) >= 11 is 0. The summed E-state index contributed by atoms with van der Waals surface area (Å²) in [7, 11) is 2.15. The van der Waals surface area contributed by atoms with Gasteiger partial charge in [-0.25, -0.2) is 0 Å². The molecule has 1 aromatic heterocycles. The zero-order chi connectivity index (χ0) is 10.9. The zero-order valence-electron chi connectivity index (χ0n) is 9.52. The molecule has 1 rings (SSSR count). The summed E-state index contributed by atoms with van der Waals surface area (Å²) in [5, 5.41) is 0. The lowest BCUT2D eigenvalue weighted by Crippen LogP contribution is -2.23. The van der Waals surface area contributed by atoms with Crippen LogP contribution in [0.25, 0.3) is 0 Å². The van der Waals surface area contributed by atoms with Crippen LogP contribution in [-0.4, -0.2) is 36.6 Å². The molecule has 2 N–H and O–H groups in total. The van der Waals surface area contributed by atoms with E-state index in [-0.39, 0.29) is 0 Å². The van der Waals surface area contributed by atoms with Crippen LogP contribution in [0.15, 0.2) is 24.4 Å². The summed E-state index contributed by atoms with van der Waals surface area (Å²) in [4.78, 5) is 6.64. The molecule has 84 valence electrons. The standard InChI is InChI=1S/C12H21N3/c1-15(10-5-3-8-13)11-7-12-6-2-4-9-14-12/h2,4,6,9H,3,5,7-8,10-11,13H2,1H3. The second-order valence-corrected chi connectivity index (χ2v) is 3.87. The van der Waals surface area contributed by atoms with Gasteiger partial charge in [0.25, 0.3) is 0 Å². The van der Waals surface area contributed by atoms with E-state index < -0.39 is 0 Å². The van der Waals surface area contributed by atoms with Gasteiger partial charge in [0.2, 0.25) is 0 Å². The van der Waals surface area contributed by atoms with Gasteiger partial charge in [0.15, 0.2) is 0 Å². The SMILES string of the molecule is CN(CCCCN)CCc1ccccn1. The van der Waals surface area contributed by atoms with Crippen molar-refractivity contribution >= 4 is 0 Å². The van der Waals surface area contributed by atoms with E-state index in [9.17, 15) is 0 Å². The van der Waals surface area contributed by atoms with Crippen molar-refractivity contribution in [2.45, 2.75) is 19.3 Å². The molecule has 0 saturated heterocycles. The van der Waals surface area contributed by atoms with Crippen LogP contribution >= 0.6 is 0 Å². The largest absolute Gasteiger partial charge is 0.330 e. The lowest BCUT2D eigenvalue weighted by molar-refractivity contribution is 0.330. The first-order valence-corrected chi connectivity index (χ1v) is 5.61. The van der Waals surface area contributed by atoms with Gasteiger partial charge in [-0.15, -0.1) is 0 Å². The van der Waals surface area contributed by atoms with Crippen LogP contribution in [0.2, 0.25) is 0 Å². The van der Waals surface area contributed by atoms with Gasteiger partial charge in [0, 0.05) is 24.9 Å². The number of hydrogen-bond acceptors (Lipinski definition) is 3. The summed E-state index contributed by atoms with van der Waals surface area (Å²) < 4.78 is 0. The van der Waals surface area contributed by atoms with Crippen molar-refractivity contribution in [3.05, 3.63) is 30.1 Å². The summed E-state index contributed by atoms with van der Waals surface area (Å²) in [5.74, 6) is 0. The predicted molar refractivity (Wildman–Crippen MR) is 63.7 cm³/mol. The molecule has 3 nitrogen and oxygen atoms in total. The molecule has 0 spiro atoms. The highest BCUT2D eigenvalue weighted by molar-refractivity contribution is 5.03. The van der Waals surface area contributed by atoms with E-state index in [1.165, 1.54) is 12.1 Å². The maximum Gasteiger partial charge on any atom is 0.0416 e. The number of hydrogen-bond donors (Lipinski definition) is 1. The average Bonchev–Trinajstić information content (AvgIpc) is 2.28. The first kappa shape index (κ1) is 12.1. The van der Waals surface area contributed by atoms with Gasteiger partial charge in [0.1, 0.15) is 0 Å². The van der Waals surface area contributed by atoms with Crippen LogP contribution in [-0.2, 0) is 6.42 Å². The van der Waals surface area contributed by atoms with Crippen molar-refractivity contribution in [1.82, 2.24) is 9.88 Å². The quantitative estimate of drug-likeness (QED) is 0.685. The Kier molecular flexibility index (Phi) is 5.97. The third-order valence-electron chi connectivity index (χ3n) is 2.47. The second-order valence-electron chi connectivity index (χ2n) is 3.87. The number of rotatable bonds is 7. The van der Waals surface area contributed by atoms with E-state index in [2.05, 4.69) is 23.0 Å². The molecule has 0 aliphatic rings. The molecular formula is C12H21N3. The van der Waals surface area contributed by atoms with Crippen LogP contribution in [0.4, 0.5) is 0 Å². The molecule has 0 amide bonds. The predicted octanol–water partition coefficient (Wildman–Crippen LogP) is 1.29. The fraction of sp³-hybridized carbons (Fsp3) is 0.583. The van der Waals surface area contributed by atoms with E-state index in [4.69, 9.17) is 5.73 Å². The number of unbranched alkanes of at least 4 members (excludes halogenated alkanes) is 1. The van der Waals surface area contributed by atoms with Gasteiger partial charge in [-0.1, -0.05) is 6.07 Å². The van der Waals surface area contributed by atoms with E-state index in [0.717, 1.165) is 32.5 Å². The highest BCUT2D eigenvalue weighted by Crippen LogP contribution is 1.97. The van der Waals surface area contributed by atoms with Crippen LogP contribution in [0.3, 0.4) is 0 Å². The van der Waals surface area contributed by atoms with Gasteiger partial charge >= 0.3 is 0 Å². The maximum absolute atomic E-state index is 5.45. The van der Waals surface area contributed by atoms with E-state index >= 15 is 0 Å². The molecule has 1 aromatic rings. The monoisotopic (exact) mass is 207 g/mol. The van der Waals surface area contributed by atoms with Crippen LogP contribution in [0.5, 0.6) is 0 Å². The number of nitrogens with two attached hydrogens (primary N) is 1. The Hall–Kier alpha value is -0.930. The summed E-state index contributed by atoms with van der Waals surface area (Å²) in [6, 6.07) is 6.07. The van der Waals surface area contributed by atoms with E-state index in [1.54, 1.807) is 0 Å². The molecule has 0 fully saturated rings. The summed E-state index contributed by atoms with van der Waals surface area (Å²) in [6.45, 7) is 3.00. The minimum atomic E-state index is 0.800. The molecule has 0 atom stereocenters. The topological polar surface area (TPSA) is 42.1 Å². The highest BCUT2D eigenvalue weighted by Gasteiger charge is 1.99. The van der Waals surface area contributed by atoms with Gasteiger partial charge in [0.05, 0.1) is 0 Å². The molecule has 0 unspecified atom stereocenters. The Balaban J connectivity index is 2.14. The third-order valence-corrected chi connectivity index (χ3v) is 2.47. The zero-order valence-corrected chi connectivity index (χ0v) is 9.52. The summed E-state index contributed by atoms with van der Waals surface area (Å²) in [6.07, 6.45) is 5.19. The Morgan fingerprint density at radius 3 is 2.80 bits per heavy atom. The molecule has 0 radical (unpaired) electrons. The van der Waals surface area contributed by atoms with Crippen LogP contribution in [0.1, 0.15) is 18.5 Å². The smallest absolute Gasteiger partial charge is 0.0416 e. The van der Waals surface area contributed by atoms with Crippen molar-refractivity contribution in [2.24, 2.45) is 5.73 Å². The molecule has 3 heteroatoms. The molecule has 0 aromatic carbocycles. The Morgan fingerprint density at radius 1 is 1.27 bits per heavy atom. The fourth-order valence-electron chi connectivity index (χ4n) is 1.49. The highest BCUT2D eigenvalue weighted by atomic mass is 15.1. The lowest BCUT2D eigenvalue weighted by atomic mass is 10.2. The summed E-state index contributed by atoms with van der Waals surface area (Å²) in [5.41, 5.74) is 6.62. The van der Waals surface area contributed by atoms with Crippen molar-refractivity contribution < 1.29 is 0 Å². The Labute approximate surface area is 92.3 Å². The first-order valence-electron chi connectivity index (χ1n) is 5.61. The Bertz CT molecular complexity index is 248. The molecule has 0 bridgehead atoms. The molecule has 15 heavy (non-hydrogen) atoms. The number of aromatic nitrogens is 1. The average molecular weight is 207 g/mol. The van der Waals surface area contributed by atoms with Gasteiger partial charge in [-0.3, -0.25) is 4.98 Å². The fourth-order valence-corrected chi connectivity index (χ4v) is 1.49. The molecule has 0 saturated carbocycles. The first-order chi connectivity index (χ1) is 7.33. The van der Waals surface area contributed by atoms with Gasteiger partial charge < -0.3 is 10.6 Å². The second kappa shape index (κ2) is 7.37. The molecule has 0 aliphatic carbocycles. The van der Waals surface area contributed by atoms with Crippen LogP contribution < -0.4 is 5.73 Å².